The summed E-state index contributed by atoms with van der Waals surface area (Å²) in [4.78, 5) is 17.0. The van der Waals surface area contributed by atoms with Crippen molar-refractivity contribution >= 4 is 27.5 Å². The Bertz CT molecular complexity index is 940. The van der Waals surface area contributed by atoms with E-state index in [0.29, 0.717) is 34.0 Å². The highest BCUT2D eigenvalue weighted by Crippen LogP contribution is 2.28. The van der Waals surface area contributed by atoms with Crippen molar-refractivity contribution in [3.63, 3.8) is 0 Å². The number of aromatic nitrogens is 2. The number of hydrogen-bond donors (Lipinski definition) is 1. The van der Waals surface area contributed by atoms with Crippen LogP contribution in [-0.4, -0.2) is 15.5 Å². The standard InChI is InChI=1S/C20H22BrN3O2/c1-12(2)19-22-8-9-24(19)11-15-6-5-7-16(10-15)23-20(25)17-13(3)26-14(4)18(17)21/h5-10,12H,11H2,1-4H3,(H,23,25). The van der Waals surface area contributed by atoms with E-state index in [-0.39, 0.29) is 5.91 Å². The molecule has 3 rings (SSSR count). The molecule has 136 valence electrons. The summed E-state index contributed by atoms with van der Waals surface area (Å²) in [5.74, 6) is 2.52. The molecule has 1 aromatic carbocycles. The quantitative estimate of drug-likeness (QED) is 0.616. The van der Waals surface area contributed by atoms with Gasteiger partial charge in [0.25, 0.3) is 5.91 Å². The third-order valence-corrected chi connectivity index (χ3v) is 5.17. The maximum atomic E-state index is 12.6. The highest BCUT2D eigenvalue weighted by Gasteiger charge is 2.20. The molecule has 0 atom stereocenters. The van der Waals surface area contributed by atoms with Gasteiger partial charge in [-0.3, -0.25) is 4.79 Å². The molecule has 0 saturated carbocycles. The summed E-state index contributed by atoms with van der Waals surface area (Å²) < 4.78 is 8.34. The smallest absolute Gasteiger partial charge is 0.260 e. The molecule has 0 saturated heterocycles. The summed E-state index contributed by atoms with van der Waals surface area (Å²) in [6, 6.07) is 7.86. The SMILES string of the molecule is Cc1oc(C)c(C(=O)Nc2cccc(Cn3ccnc3C(C)C)c2)c1Br. The number of imidazole rings is 1. The van der Waals surface area contributed by atoms with Gasteiger partial charge in [0, 0.05) is 30.5 Å². The number of halogens is 1. The second-order valence-corrected chi connectivity index (χ2v) is 7.42. The number of hydrogen-bond acceptors (Lipinski definition) is 3. The lowest BCUT2D eigenvalue weighted by Crippen LogP contribution is -2.13. The number of nitrogens with zero attached hydrogens (tertiary/aromatic N) is 2. The van der Waals surface area contributed by atoms with Crippen LogP contribution in [0, 0.1) is 13.8 Å². The number of benzene rings is 1. The maximum Gasteiger partial charge on any atom is 0.260 e. The summed E-state index contributed by atoms with van der Waals surface area (Å²) in [5.41, 5.74) is 2.38. The van der Waals surface area contributed by atoms with Gasteiger partial charge in [-0.1, -0.05) is 26.0 Å². The third kappa shape index (κ3) is 3.75. The first-order chi connectivity index (χ1) is 12.4. The number of amides is 1. The Hall–Kier alpha value is -2.34. The van der Waals surface area contributed by atoms with Gasteiger partial charge in [-0.05, 0) is 47.5 Å². The Balaban J connectivity index is 1.79. The van der Waals surface area contributed by atoms with Crippen LogP contribution < -0.4 is 5.32 Å². The Morgan fingerprint density at radius 3 is 2.73 bits per heavy atom. The zero-order valence-electron chi connectivity index (χ0n) is 15.3. The van der Waals surface area contributed by atoms with Crippen molar-refractivity contribution in [2.24, 2.45) is 0 Å². The van der Waals surface area contributed by atoms with E-state index in [9.17, 15) is 4.79 Å². The Labute approximate surface area is 161 Å². The number of anilines is 1. The van der Waals surface area contributed by atoms with E-state index in [2.05, 4.69) is 44.6 Å². The molecule has 0 fully saturated rings. The van der Waals surface area contributed by atoms with Crippen molar-refractivity contribution in [3.8, 4) is 0 Å². The Morgan fingerprint density at radius 1 is 1.31 bits per heavy atom. The van der Waals surface area contributed by atoms with Crippen LogP contribution in [0.15, 0.2) is 45.5 Å². The van der Waals surface area contributed by atoms with E-state index in [4.69, 9.17) is 4.42 Å². The first-order valence-corrected chi connectivity index (χ1v) is 9.33. The number of rotatable bonds is 5. The highest BCUT2D eigenvalue weighted by molar-refractivity contribution is 9.10. The van der Waals surface area contributed by atoms with Crippen LogP contribution >= 0.6 is 15.9 Å². The minimum atomic E-state index is -0.186. The van der Waals surface area contributed by atoms with Crippen LogP contribution in [-0.2, 0) is 6.54 Å². The van der Waals surface area contributed by atoms with Gasteiger partial charge in [-0.15, -0.1) is 0 Å². The molecule has 0 aliphatic carbocycles. The number of aryl methyl sites for hydroxylation is 2. The second-order valence-electron chi connectivity index (χ2n) is 6.63. The average Bonchev–Trinajstić information content (AvgIpc) is 3.12. The Kier molecular flexibility index (Phi) is 5.32. The molecule has 3 aromatic rings. The number of furan rings is 1. The van der Waals surface area contributed by atoms with Crippen molar-refractivity contribution in [1.29, 1.82) is 0 Å². The molecule has 0 aliphatic heterocycles. The Morgan fingerprint density at radius 2 is 2.08 bits per heavy atom. The largest absolute Gasteiger partial charge is 0.465 e. The fraction of sp³-hybridized carbons (Fsp3) is 0.300. The van der Waals surface area contributed by atoms with Crippen LogP contribution in [0.4, 0.5) is 5.69 Å². The van der Waals surface area contributed by atoms with E-state index >= 15 is 0 Å². The molecule has 0 aliphatic rings. The van der Waals surface area contributed by atoms with Crippen molar-refractivity contribution in [2.45, 2.75) is 40.2 Å². The maximum absolute atomic E-state index is 12.6. The number of carbonyl (C=O) groups excluding carboxylic acids is 1. The zero-order valence-corrected chi connectivity index (χ0v) is 16.9. The fourth-order valence-electron chi connectivity index (χ4n) is 3.01. The fourth-order valence-corrected chi connectivity index (χ4v) is 3.55. The predicted molar refractivity (Wildman–Crippen MR) is 106 cm³/mol. The van der Waals surface area contributed by atoms with Gasteiger partial charge in [0.1, 0.15) is 17.3 Å². The minimum Gasteiger partial charge on any atom is -0.465 e. The highest BCUT2D eigenvalue weighted by atomic mass is 79.9. The molecule has 1 N–H and O–H groups in total. The van der Waals surface area contributed by atoms with E-state index in [1.165, 1.54) is 0 Å². The second kappa shape index (κ2) is 7.50. The molecular weight excluding hydrogens is 394 g/mol. The van der Waals surface area contributed by atoms with Crippen molar-refractivity contribution in [2.75, 3.05) is 5.32 Å². The third-order valence-electron chi connectivity index (χ3n) is 4.22. The van der Waals surface area contributed by atoms with Gasteiger partial charge in [-0.2, -0.15) is 0 Å². The van der Waals surface area contributed by atoms with Crippen LogP contribution in [0.1, 0.15) is 53.0 Å². The molecular formula is C20H22BrN3O2. The minimum absolute atomic E-state index is 0.186. The van der Waals surface area contributed by atoms with Gasteiger partial charge in [0.15, 0.2) is 0 Å². The average molecular weight is 416 g/mol. The number of nitrogens with one attached hydrogen (secondary N) is 1. The summed E-state index contributed by atoms with van der Waals surface area (Å²) in [7, 11) is 0. The van der Waals surface area contributed by atoms with Crippen molar-refractivity contribution in [1.82, 2.24) is 9.55 Å². The van der Waals surface area contributed by atoms with Crippen molar-refractivity contribution in [3.05, 3.63) is 69.6 Å². The van der Waals surface area contributed by atoms with Crippen LogP contribution in [0.5, 0.6) is 0 Å². The summed E-state index contributed by atoms with van der Waals surface area (Å²) in [5, 5.41) is 2.96. The molecule has 6 heteroatoms. The topological polar surface area (TPSA) is 60.1 Å². The monoisotopic (exact) mass is 415 g/mol. The van der Waals surface area contributed by atoms with Crippen LogP contribution in [0.2, 0.25) is 0 Å². The molecule has 26 heavy (non-hydrogen) atoms. The molecule has 0 spiro atoms. The predicted octanol–water partition coefficient (Wildman–Crippen LogP) is 5.28. The van der Waals surface area contributed by atoms with Crippen LogP contribution in [0.25, 0.3) is 0 Å². The summed E-state index contributed by atoms with van der Waals surface area (Å²) in [6.07, 6.45) is 3.80. The molecule has 0 unspecified atom stereocenters. The van der Waals surface area contributed by atoms with Gasteiger partial charge in [0.05, 0.1) is 10.0 Å². The van der Waals surface area contributed by atoms with E-state index in [0.717, 1.165) is 17.1 Å². The molecule has 1 amide bonds. The summed E-state index contributed by atoms with van der Waals surface area (Å²) in [6.45, 7) is 8.58. The van der Waals surface area contributed by atoms with E-state index in [1.807, 2.05) is 43.6 Å². The molecule has 0 bridgehead atoms. The zero-order chi connectivity index (χ0) is 18.8. The van der Waals surface area contributed by atoms with Gasteiger partial charge >= 0.3 is 0 Å². The molecule has 0 radical (unpaired) electrons. The van der Waals surface area contributed by atoms with E-state index < -0.39 is 0 Å². The lowest BCUT2D eigenvalue weighted by atomic mass is 10.1. The van der Waals surface area contributed by atoms with Crippen molar-refractivity contribution < 1.29 is 9.21 Å². The molecule has 2 heterocycles. The molecule has 5 nitrogen and oxygen atoms in total. The summed E-state index contributed by atoms with van der Waals surface area (Å²) >= 11 is 3.43. The van der Waals surface area contributed by atoms with Gasteiger partial charge in [-0.25, -0.2) is 4.98 Å². The van der Waals surface area contributed by atoms with Crippen LogP contribution in [0.3, 0.4) is 0 Å². The first kappa shape index (κ1) is 18.5. The van der Waals surface area contributed by atoms with Gasteiger partial charge in [0.2, 0.25) is 0 Å². The number of carbonyl (C=O) groups is 1. The van der Waals surface area contributed by atoms with Gasteiger partial charge < -0.3 is 14.3 Å². The lowest BCUT2D eigenvalue weighted by Gasteiger charge is -2.12. The lowest BCUT2D eigenvalue weighted by molar-refractivity contribution is 0.102. The van der Waals surface area contributed by atoms with E-state index in [1.54, 1.807) is 6.92 Å². The first-order valence-electron chi connectivity index (χ1n) is 8.53. The molecule has 2 aromatic heterocycles. The normalized spacial score (nSPS) is 11.2.